The lowest BCUT2D eigenvalue weighted by Crippen LogP contribution is -2.17. The smallest absolute Gasteiger partial charge is 0.263 e. The Morgan fingerprint density at radius 1 is 1.03 bits per heavy atom. The molecule has 6 nitrogen and oxygen atoms in total. The van der Waals surface area contributed by atoms with Crippen molar-refractivity contribution in [1.29, 1.82) is 0 Å². The third kappa shape index (κ3) is 7.37. The molecule has 1 aliphatic heterocycles. The van der Waals surface area contributed by atoms with E-state index in [9.17, 15) is 4.79 Å². The number of amides is 1. The Kier molecular flexibility index (Phi) is 9.43. The van der Waals surface area contributed by atoms with Crippen molar-refractivity contribution in [1.82, 2.24) is 5.32 Å². The van der Waals surface area contributed by atoms with Gasteiger partial charge in [-0.3, -0.25) is 4.79 Å². The average molecular weight is 508 g/mol. The van der Waals surface area contributed by atoms with Crippen molar-refractivity contribution in [3.63, 3.8) is 0 Å². The van der Waals surface area contributed by atoms with Gasteiger partial charge in [0.1, 0.15) is 23.3 Å². The highest BCUT2D eigenvalue weighted by Crippen LogP contribution is 2.38. The Morgan fingerprint density at radius 3 is 2.45 bits per heavy atom. The summed E-state index contributed by atoms with van der Waals surface area (Å²) in [4.78, 5) is 12.4. The Morgan fingerprint density at radius 2 is 1.79 bits per heavy atom. The molecule has 2 aromatic carbocycles. The van der Waals surface area contributed by atoms with Crippen LogP contribution in [0.4, 0.5) is 0 Å². The molecule has 0 spiro atoms. The minimum Gasteiger partial charge on any atom is -0.491 e. The number of hydrogen-bond acceptors (Lipinski definition) is 7. The number of benzene rings is 2. The van der Waals surface area contributed by atoms with Crippen molar-refractivity contribution in [3.8, 4) is 17.2 Å². The summed E-state index contributed by atoms with van der Waals surface area (Å²) >= 11 is 12.7. The van der Waals surface area contributed by atoms with Crippen LogP contribution in [0.1, 0.15) is 23.6 Å². The van der Waals surface area contributed by atoms with Gasteiger partial charge in [-0.25, -0.2) is 0 Å². The molecule has 0 unspecified atom stereocenters. The summed E-state index contributed by atoms with van der Waals surface area (Å²) in [5, 5.41) is 2.98. The highest BCUT2D eigenvalue weighted by molar-refractivity contribution is 8.26. The number of ether oxygens (including phenoxy) is 4. The molecule has 9 heteroatoms. The van der Waals surface area contributed by atoms with Gasteiger partial charge in [0.25, 0.3) is 5.91 Å². The topological polar surface area (TPSA) is 66.0 Å². The molecule has 1 heterocycles. The maximum atomic E-state index is 11.9. The third-order valence-electron chi connectivity index (χ3n) is 4.72. The minimum absolute atomic E-state index is 0.224. The quantitative estimate of drug-likeness (QED) is 0.251. The van der Waals surface area contributed by atoms with E-state index in [1.807, 2.05) is 25.1 Å². The molecule has 2 aromatic rings. The first kappa shape index (κ1) is 25.4. The van der Waals surface area contributed by atoms with Gasteiger partial charge in [0.05, 0.1) is 29.7 Å². The van der Waals surface area contributed by atoms with Crippen molar-refractivity contribution in [2.24, 2.45) is 0 Å². The van der Waals surface area contributed by atoms with Crippen LogP contribution in [0, 0.1) is 13.8 Å². The second-order valence-electron chi connectivity index (χ2n) is 7.17. The van der Waals surface area contributed by atoms with Crippen molar-refractivity contribution >= 4 is 51.9 Å². The zero-order chi connectivity index (χ0) is 23.8. The van der Waals surface area contributed by atoms with Gasteiger partial charge in [-0.2, -0.15) is 0 Å². The number of thioether (sulfide) groups is 1. The number of carbonyl (C=O) groups excluding carboxylic acids is 1. The molecule has 0 radical (unpaired) electrons. The fourth-order valence-corrected chi connectivity index (χ4v) is 4.29. The molecule has 1 amide bonds. The maximum Gasteiger partial charge on any atom is 0.263 e. The molecule has 33 heavy (non-hydrogen) atoms. The van der Waals surface area contributed by atoms with Crippen molar-refractivity contribution < 1.29 is 23.7 Å². The number of nitrogens with one attached hydrogen (secondary N) is 1. The van der Waals surface area contributed by atoms with Gasteiger partial charge >= 0.3 is 0 Å². The average Bonchev–Trinajstić information content (AvgIpc) is 3.08. The Hall–Kier alpha value is -2.26. The first-order valence-corrected chi connectivity index (χ1v) is 12.1. The van der Waals surface area contributed by atoms with Gasteiger partial charge in [-0.05, 0) is 67.8 Å². The predicted molar refractivity (Wildman–Crippen MR) is 137 cm³/mol. The summed E-state index contributed by atoms with van der Waals surface area (Å²) < 4.78 is 23.3. The van der Waals surface area contributed by atoms with E-state index < -0.39 is 0 Å². The van der Waals surface area contributed by atoms with Gasteiger partial charge in [-0.1, -0.05) is 41.6 Å². The normalized spacial score (nSPS) is 14.5. The van der Waals surface area contributed by atoms with Crippen molar-refractivity contribution in [3.05, 3.63) is 56.9 Å². The number of rotatable bonds is 11. The van der Waals surface area contributed by atoms with Crippen molar-refractivity contribution in [2.75, 3.05) is 33.0 Å². The highest BCUT2D eigenvalue weighted by atomic mass is 35.5. The maximum absolute atomic E-state index is 11.9. The monoisotopic (exact) mass is 507 g/mol. The molecular weight excluding hydrogens is 482 g/mol. The molecule has 1 fully saturated rings. The van der Waals surface area contributed by atoms with E-state index in [2.05, 4.69) is 19.2 Å². The standard InChI is InChI=1S/C24H26ClNO5S2/c1-4-29-20-13-17(14-21-23(27)26-24(32)33-21)12-19(25)22(20)31-10-8-28-7-9-30-18-6-5-15(2)16(3)11-18/h5-6,11-14H,4,7-10H2,1-3H3,(H,26,27,32)/b21-14+. The van der Waals surface area contributed by atoms with Gasteiger partial charge in [0.15, 0.2) is 11.5 Å². The largest absolute Gasteiger partial charge is 0.491 e. The van der Waals surface area contributed by atoms with E-state index in [0.717, 1.165) is 11.3 Å². The first-order chi connectivity index (χ1) is 15.9. The number of carbonyl (C=O) groups is 1. The molecule has 176 valence electrons. The van der Waals surface area contributed by atoms with Crippen molar-refractivity contribution in [2.45, 2.75) is 20.8 Å². The minimum atomic E-state index is -0.224. The molecular formula is C24H26ClNO5S2. The molecule has 0 bridgehead atoms. The van der Waals surface area contributed by atoms with Gasteiger partial charge in [0.2, 0.25) is 0 Å². The van der Waals surface area contributed by atoms with E-state index in [1.54, 1.807) is 18.2 Å². The lowest BCUT2D eigenvalue weighted by Gasteiger charge is -2.15. The summed E-state index contributed by atoms with van der Waals surface area (Å²) in [6, 6.07) is 9.51. The zero-order valence-electron chi connectivity index (χ0n) is 18.7. The molecule has 0 aliphatic carbocycles. The van der Waals surface area contributed by atoms with Crippen LogP contribution in [-0.2, 0) is 9.53 Å². The van der Waals surface area contributed by atoms with E-state index in [0.29, 0.717) is 58.8 Å². The van der Waals surface area contributed by atoms with Crippen LogP contribution in [0.5, 0.6) is 17.2 Å². The van der Waals surface area contributed by atoms with Gasteiger partial charge < -0.3 is 24.3 Å². The summed E-state index contributed by atoms with van der Waals surface area (Å²) in [5.41, 5.74) is 3.15. The third-order valence-corrected chi connectivity index (χ3v) is 6.16. The molecule has 1 saturated heterocycles. The Balaban J connectivity index is 1.50. The molecule has 1 N–H and O–H groups in total. The van der Waals surface area contributed by atoms with Crippen LogP contribution in [0.15, 0.2) is 35.2 Å². The fraction of sp³-hybridized carbons (Fsp3) is 0.333. The molecule has 0 aromatic heterocycles. The molecule has 0 saturated carbocycles. The van der Waals surface area contributed by atoms with Crippen LogP contribution < -0.4 is 19.5 Å². The lowest BCUT2D eigenvalue weighted by molar-refractivity contribution is -0.115. The van der Waals surface area contributed by atoms with Crippen LogP contribution in [-0.4, -0.2) is 43.3 Å². The number of halogens is 1. The predicted octanol–water partition coefficient (Wildman–Crippen LogP) is 5.32. The van der Waals surface area contributed by atoms with E-state index >= 15 is 0 Å². The SMILES string of the molecule is CCOc1cc(/C=C2/SC(=S)NC2=O)cc(Cl)c1OCCOCCOc1ccc(C)c(C)c1. The lowest BCUT2D eigenvalue weighted by atomic mass is 10.1. The highest BCUT2D eigenvalue weighted by Gasteiger charge is 2.22. The fourth-order valence-electron chi connectivity index (χ4n) is 2.97. The van der Waals surface area contributed by atoms with Gasteiger partial charge in [-0.15, -0.1) is 0 Å². The van der Waals surface area contributed by atoms with Gasteiger partial charge in [0, 0.05) is 0 Å². The number of aryl methyl sites for hydroxylation is 2. The summed E-state index contributed by atoms with van der Waals surface area (Å²) in [6.07, 6.45) is 1.72. The van der Waals surface area contributed by atoms with Crippen LogP contribution in [0.2, 0.25) is 5.02 Å². The van der Waals surface area contributed by atoms with Crippen LogP contribution in [0.25, 0.3) is 6.08 Å². The molecule has 1 aliphatic rings. The summed E-state index contributed by atoms with van der Waals surface area (Å²) in [7, 11) is 0. The zero-order valence-corrected chi connectivity index (χ0v) is 21.1. The Labute approximate surface area is 208 Å². The molecule has 3 rings (SSSR count). The van der Waals surface area contributed by atoms with E-state index in [4.69, 9.17) is 42.8 Å². The van der Waals surface area contributed by atoms with Crippen LogP contribution >= 0.6 is 35.6 Å². The Bertz CT molecular complexity index is 1060. The number of hydrogen-bond donors (Lipinski definition) is 1. The summed E-state index contributed by atoms with van der Waals surface area (Å²) in [6.45, 7) is 8.01. The molecule has 0 atom stereocenters. The second kappa shape index (κ2) is 12.3. The summed E-state index contributed by atoms with van der Waals surface area (Å²) in [5.74, 6) is 1.55. The van der Waals surface area contributed by atoms with E-state index in [1.165, 1.54) is 22.9 Å². The number of thiocarbonyl (C=S) groups is 1. The second-order valence-corrected chi connectivity index (χ2v) is 9.30. The van der Waals surface area contributed by atoms with Crippen LogP contribution in [0.3, 0.4) is 0 Å². The van der Waals surface area contributed by atoms with E-state index in [-0.39, 0.29) is 5.91 Å². The first-order valence-electron chi connectivity index (χ1n) is 10.5.